The van der Waals surface area contributed by atoms with Gasteiger partial charge in [-0.2, -0.15) is 26.3 Å². The third-order valence-corrected chi connectivity index (χ3v) is 7.72. The molecular formula is C28H22F6N2S. The summed E-state index contributed by atoms with van der Waals surface area (Å²) in [5, 5.41) is 0.804. The van der Waals surface area contributed by atoms with E-state index in [0.717, 1.165) is 42.6 Å². The van der Waals surface area contributed by atoms with Gasteiger partial charge in [0, 0.05) is 31.3 Å². The van der Waals surface area contributed by atoms with E-state index in [9.17, 15) is 26.3 Å². The molecule has 2 aromatic heterocycles. The highest BCUT2D eigenvalue weighted by atomic mass is 32.1. The molecule has 9 heteroatoms. The van der Waals surface area contributed by atoms with E-state index in [-0.39, 0.29) is 28.1 Å². The van der Waals surface area contributed by atoms with E-state index in [2.05, 4.69) is 9.97 Å². The summed E-state index contributed by atoms with van der Waals surface area (Å²) in [6.45, 7) is 5.99. The molecule has 0 saturated heterocycles. The van der Waals surface area contributed by atoms with Crippen LogP contribution in [0, 0.1) is 19.3 Å². The molecule has 2 nitrogen and oxygen atoms in total. The predicted octanol–water partition coefficient (Wildman–Crippen LogP) is 9.43. The van der Waals surface area contributed by atoms with Crippen molar-refractivity contribution in [3.63, 3.8) is 0 Å². The SMILES string of the molecule is Cc1cc(C)cc(-c2ncnc3c(C(F)(F)F)c4c(ccc5sc(CC(C)(C)C(F)(F)F)cc54)cc23)c1. The molecule has 0 saturated carbocycles. The minimum atomic E-state index is -4.76. The Balaban J connectivity index is 1.83. The number of benzene rings is 3. The summed E-state index contributed by atoms with van der Waals surface area (Å²) in [5.74, 6) is 0. The molecule has 5 aromatic rings. The van der Waals surface area contributed by atoms with Crippen LogP contribution >= 0.6 is 11.3 Å². The molecule has 0 aliphatic carbocycles. The van der Waals surface area contributed by atoms with Crippen molar-refractivity contribution in [3.8, 4) is 11.3 Å². The molecule has 0 bridgehead atoms. The quantitative estimate of drug-likeness (QED) is 0.171. The minimum absolute atomic E-state index is 0.0603. The molecular weight excluding hydrogens is 510 g/mol. The van der Waals surface area contributed by atoms with Gasteiger partial charge in [-0.05, 0) is 56.0 Å². The minimum Gasteiger partial charge on any atom is -0.236 e. The largest absolute Gasteiger partial charge is 0.419 e. The summed E-state index contributed by atoms with van der Waals surface area (Å²) in [5.41, 5.74) is -0.177. The fraction of sp³-hybridized carbons (Fsp3) is 0.286. The second kappa shape index (κ2) is 8.41. The van der Waals surface area contributed by atoms with Crippen molar-refractivity contribution < 1.29 is 26.3 Å². The number of hydrogen-bond acceptors (Lipinski definition) is 3. The maximum Gasteiger partial charge on any atom is 0.419 e. The first-order valence-corrected chi connectivity index (χ1v) is 12.3. The molecule has 0 unspecified atom stereocenters. The van der Waals surface area contributed by atoms with Crippen molar-refractivity contribution in [1.29, 1.82) is 0 Å². The number of halogens is 6. The third kappa shape index (κ3) is 4.43. The highest BCUT2D eigenvalue weighted by Crippen LogP contribution is 2.47. The van der Waals surface area contributed by atoms with Crippen LogP contribution in [0.1, 0.15) is 35.4 Å². The van der Waals surface area contributed by atoms with E-state index >= 15 is 0 Å². The Labute approximate surface area is 213 Å². The number of fused-ring (bicyclic) bond motifs is 4. The average Bonchev–Trinajstić information content (AvgIpc) is 3.17. The summed E-state index contributed by atoms with van der Waals surface area (Å²) in [4.78, 5) is 8.77. The van der Waals surface area contributed by atoms with E-state index in [4.69, 9.17) is 0 Å². The first-order valence-electron chi connectivity index (χ1n) is 11.5. The summed E-state index contributed by atoms with van der Waals surface area (Å²) >= 11 is 1.08. The third-order valence-electron chi connectivity index (χ3n) is 6.62. The van der Waals surface area contributed by atoms with Crippen molar-refractivity contribution in [2.75, 3.05) is 0 Å². The maximum absolute atomic E-state index is 14.7. The average molecular weight is 533 g/mol. The molecule has 0 spiro atoms. The van der Waals surface area contributed by atoms with Crippen molar-refractivity contribution in [2.24, 2.45) is 5.41 Å². The number of aryl methyl sites for hydroxylation is 2. The van der Waals surface area contributed by atoms with Gasteiger partial charge in [-0.1, -0.05) is 37.1 Å². The molecule has 192 valence electrons. The fourth-order valence-electron chi connectivity index (χ4n) is 4.83. The number of aromatic nitrogens is 2. The summed E-state index contributed by atoms with van der Waals surface area (Å²) in [6.07, 6.45) is -8.40. The van der Waals surface area contributed by atoms with E-state index in [1.54, 1.807) is 18.2 Å². The zero-order chi connectivity index (χ0) is 26.9. The van der Waals surface area contributed by atoms with Gasteiger partial charge >= 0.3 is 12.4 Å². The Kier molecular flexibility index (Phi) is 5.78. The van der Waals surface area contributed by atoms with Crippen LogP contribution in [-0.4, -0.2) is 16.1 Å². The molecule has 37 heavy (non-hydrogen) atoms. The lowest BCUT2D eigenvalue weighted by Gasteiger charge is -2.26. The highest BCUT2D eigenvalue weighted by Gasteiger charge is 2.47. The van der Waals surface area contributed by atoms with E-state index in [1.165, 1.54) is 6.07 Å². The topological polar surface area (TPSA) is 25.8 Å². The van der Waals surface area contributed by atoms with Gasteiger partial charge in [0.2, 0.25) is 0 Å². The number of rotatable bonds is 3. The molecule has 0 aliphatic rings. The lowest BCUT2D eigenvalue weighted by atomic mass is 9.87. The number of thiophene rings is 1. The number of nitrogens with zero attached hydrogens (tertiary/aromatic N) is 2. The van der Waals surface area contributed by atoms with Crippen molar-refractivity contribution >= 4 is 43.1 Å². The van der Waals surface area contributed by atoms with Crippen LogP contribution in [0.3, 0.4) is 0 Å². The smallest absolute Gasteiger partial charge is 0.236 e. The van der Waals surface area contributed by atoms with Crippen LogP contribution in [0.4, 0.5) is 26.3 Å². The second-order valence-corrected chi connectivity index (χ2v) is 11.3. The van der Waals surface area contributed by atoms with Gasteiger partial charge < -0.3 is 0 Å². The van der Waals surface area contributed by atoms with E-state index < -0.39 is 23.3 Å². The second-order valence-electron chi connectivity index (χ2n) is 10.1. The van der Waals surface area contributed by atoms with E-state index in [1.807, 2.05) is 32.0 Å². The molecule has 0 N–H and O–H groups in total. The van der Waals surface area contributed by atoms with Crippen LogP contribution in [-0.2, 0) is 12.6 Å². The van der Waals surface area contributed by atoms with Gasteiger partial charge in [-0.3, -0.25) is 0 Å². The lowest BCUT2D eigenvalue weighted by molar-refractivity contribution is -0.210. The Hall–Kier alpha value is -3.20. The predicted molar refractivity (Wildman–Crippen MR) is 136 cm³/mol. The van der Waals surface area contributed by atoms with E-state index in [0.29, 0.717) is 26.2 Å². The molecule has 0 amide bonds. The lowest BCUT2D eigenvalue weighted by Crippen LogP contribution is -2.33. The number of hydrogen-bond donors (Lipinski definition) is 0. The summed E-state index contributed by atoms with van der Waals surface area (Å²) in [6, 6.07) is 12.0. The van der Waals surface area contributed by atoms with Crippen LogP contribution in [0.5, 0.6) is 0 Å². The fourth-order valence-corrected chi connectivity index (χ4v) is 6.13. The molecule has 0 radical (unpaired) electrons. The van der Waals surface area contributed by atoms with Gasteiger partial charge in [-0.15, -0.1) is 11.3 Å². The van der Waals surface area contributed by atoms with Crippen molar-refractivity contribution in [1.82, 2.24) is 9.97 Å². The summed E-state index contributed by atoms with van der Waals surface area (Å²) < 4.78 is 85.0. The maximum atomic E-state index is 14.7. The molecule has 5 rings (SSSR count). The standard InChI is InChI=1S/C28H22F6N2S/c1-14-7-15(2)9-17(8-14)24-20-10-16-5-6-21-19(11-18(37-21)12-26(3,4)28(32,33)34)22(16)23(27(29,30)31)25(20)36-13-35-24/h5-11,13H,12H2,1-4H3. The van der Waals surface area contributed by atoms with Crippen molar-refractivity contribution in [2.45, 2.75) is 46.5 Å². The van der Waals surface area contributed by atoms with Gasteiger partial charge in [0.1, 0.15) is 6.33 Å². The zero-order valence-electron chi connectivity index (χ0n) is 20.4. The van der Waals surface area contributed by atoms with Crippen molar-refractivity contribution in [3.05, 3.63) is 70.4 Å². The molecule has 2 heterocycles. The molecule has 0 atom stereocenters. The van der Waals surface area contributed by atoms with Gasteiger partial charge in [0.15, 0.2) is 0 Å². The Morgan fingerprint density at radius 3 is 2.11 bits per heavy atom. The first-order chi connectivity index (χ1) is 17.2. The summed E-state index contributed by atoms with van der Waals surface area (Å²) in [7, 11) is 0. The Morgan fingerprint density at radius 1 is 0.811 bits per heavy atom. The van der Waals surface area contributed by atoms with Crippen LogP contribution < -0.4 is 0 Å². The Morgan fingerprint density at radius 2 is 1.49 bits per heavy atom. The van der Waals surface area contributed by atoms with Crippen LogP contribution in [0.15, 0.2) is 48.8 Å². The zero-order valence-corrected chi connectivity index (χ0v) is 21.2. The molecule has 0 aliphatic heterocycles. The first kappa shape index (κ1) is 25.4. The monoisotopic (exact) mass is 532 g/mol. The van der Waals surface area contributed by atoms with Crippen LogP contribution in [0.2, 0.25) is 0 Å². The molecule has 3 aromatic carbocycles. The van der Waals surface area contributed by atoms with Gasteiger partial charge in [-0.25, -0.2) is 9.97 Å². The molecule has 0 fully saturated rings. The normalized spacial score (nSPS) is 13.2. The van der Waals surface area contributed by atoms with Gasteiger partial charge in [0.25, 0.3) is 0 Å². The van der Waals surface area contributed by atoms with Crippen LogP contribution in [0.25, 0.3) is 43.0 Å². The Bertz CT molecular complexity index is 1660. The highest BCUT2D eigenvalue weighted by molar-refractivity contribution is 7.19. The van der Waals surface area contributed by atoms with Gasteiger partial charge in [0.05, 0.1) is 22.2 Å². The number of alkyl halides is 6.